The number of amides is 2. The van der Waals surface area contributed by atoms with Gasteiger partial charge in [0.1, 0.15) is 11.0 Å². The van der Waals surface area contributed by atoms with Crippen molar-refractivity contribution in [2.24, 2.45) is 5.73 Å². The summed E-state index contributed by atoms with van der Waals surface area (Å²) in [5, 5.41) is 3.89. The number of hydrogen-bond donors (Lipinski definition) is 1. The monoisotopic (exact) mass is 392 g/mol. The van der Waals surface area contributed by atoms with Gasteiger partial charge in [0.2, 0.25) is 11.8 Å². The smallest absolute Gasteiger partial charge is 0.240 e. The SMILES string of the molecule is Cc1nc(CC(=O)N2CCC[C@H]2C(N)=O)sc1-c1csc(C(C)(C)C)n1. The van der Waals surface area contributed by atoms with Crippen LogP contribution in [0, 0.1) is 6.92 Å². The van der Waals surface area contributed by atoms with Crippen LogP contribution in [0.1, 0.15) is 49.3 Å². The number of thiazole rings is 2. The van der Waals surface area contributed by atoms with E-state index in [2.05, 4.69) is 31.1 Å². The number of primary amides is 1. The van der Waals surface area contributed by atoms with Gasteiger partial charge in [-0.3, -0.25) is 9.59 Å². The summed E-state index contributed by atoms with van der Waals surface area (Å²) < 4.78 is 0. The van der Waals surface area contributed by atoms with Crippen molar-refractivity contribution in [1.29, 1.82) is 0 Å². The Morgan fingerprint density at radius 1 is 1.35 bits per heavy atom. The molecule has 1 saturated heterocycles. The summed E-state index contributed by atoms with van der Waals surface area (Å²) in [5.74, 6) is -0.510. The van der Waals surface area contributed by atoms with Crippen LogP contribution < -0.4 is 5.73 Å². The van der Waals surface area contributed by atoms with Crippen LogP contribution in [0.5, 0.6) is 0 Å². The maximum Gasteiger partial charge on any atom is 0.240 e. The van der Waals surface area contributed by atoms with Gasteiger partial charge in [-0.2, -0.15) is 0 Å². The Morgan fingerprint density at radius 3 is 2.69 bits per heavy atom. The van der Waals surface area contributed by atoms with Crippen LogP contribution in [0.4, 0.5) is 0 Å². The maximum atomic E-state index is 12.6. The zero-order valence-corrected chi connectivity index (χ0v) is 17.2. The Kier molecular flexibility index (Phi) is 5.16. The van der Waals surface area contributed by atoms with E-state index in [0.717, 1.165) is 32.7 Å². The third-order valence-corrected chi connectivity index (χ3v) is 6.87. The Bertz CT molecular complexity index is 835. The summed E-state index contributed by atoms with van der Waals surface area (Å²) in [6.07, 6.45) is 1.67. The van der Waals surface area contributed by atoms with E-state index in [1.807, 2.05) is 6.92 Å². The number of nitrogens with zero attached hydrogens (tertiary/aromatic N) is 3. The normalized spacial score (nSPS) is 17.7. The molecule has 0 unspecified atom stereocenters. The molecule has 0 bridgehead atoms. The molecular weight excluding hydrogens is 368 g/mol. The van der Waals surface area contributed by atoms with Crippen molar-refractivity contribution in [3.63, 3.8) is 0 Å². The van der Waals surface area contributed by atoms with Crippen molar-refractivity contribution in [3.05, 3.63) is 21.1 Å². The zero-order chi connectivity index (χ0) is 19.1. The van der Waals surface area contributed by atoms with E-state index in [1.165, 1.54) is 11.3 Å². The first-order chi connectivity index (χ1) is 12.2. The van der Waals surface area contributed by atoms with Gasteiger partial charge in [0.15, 0.2) is 0 Å². The van der Waals surface area contributed by atoms with Crippen LogP contribution in [-0.2, 0) is 21.4 Å². The molecule has 0 aromatic carbocycles. The average Bonchev–Trinajstić information content (AvgIpc) is 3.24. The number of rotatable bonds is 4. The Hall–Kier alpha value is -1.80. The number of nitrogens with two attached hydrogens (primary N) is 1. The van der Waals surface area contributed by atoms with Gasteiger partial charge in [-0.05, 0) is 19.8 Å². The Labute approximate surface area is 161 Å². The molecule has 26 heavy (non-hydrogen) atoms. The molecule has 3 rings (SSSR count). The lowest BCUT2D eigenvalue weighted by molar-refractivity contribution is -0.136. The van der Waals surface area contributed by atoms with Gasteiger partial charge >= 0.3 is 0 Å². The minimum Gasteiger partial charge on any atom is -0.368 e. The molecule has 1 aliphatic heterocycles. The van der Waals surface area contributed by atoms with Gasteiger partial charge in [0.05, 0.1) is 27.7 Å². The highest BCUT2D eigenvalue weighted by atomic mass is 32.1. The molecule has 6 nitrogen and oxygen atoms in total. The second kappa shape index (κ2) is 7.08. The minimum absolute atomic E-state index is 0.0137. The second-order valence-electron chi connectivity index (χ2n) is 7.63. The van der Waals surface area contributed by atoms with Gasteiger partial charge in [-0.15, -0.1) is 22.7 Å². The van der Waals surface area contributed by atoms with Gasteiger partial charge in [-0.25, -0.2) is 9.97 Å². The molecule has 2 aromatic rings. The maximum absolute atomic E-state index is 12.6. The van der Waals surface area contributed by atoms with Crippen LogP contribution in [0.15, 0.2) is 5.38 Å². The molecule has 0 aliphatic carbocycles. The van der Waals surface area contributed by atoms with Gasteiger partial charge in [-0.1, -0.05) is 20.8 Å². The van der Waals surface area contributed by atoms with E-state index in [4.69, 9.17) is 10.7 Å². The van der Waals surface area contributed by atoms with Crippen LogP contribution in [0.25, 0.3) is 10.6 Å². The molecule has 0 saturated carbocycles. The highest BCUT2D eigenvalue weighted by Gasteiger charge is 2.33. The summed E-state index contributed by atoms with van der Waals surface area (Å²) in [4.78, 5) is 36.0. The van der Waals surface area contributed by atoms with E-state index < -0.39 is 11.9 Å². The molecule has 1 atom stereocenters. The van der Waals surface area contributed by atoms with Crippen molar-refractivity contribution in [1.82, 2.24) is 14.9 Å². The first-order valence-electron chi connectivity index (χ1n) is 8.68. The molecule has 0 spiro atoms. The number of carbonyl (C=O) groups excluding carboxylic acids is 2. The van der Waals surface area contributed by atoms with Crippen LogP contribution in [0.3, 0.4) is 0 Å². The third kappa shape index (κ3) is 3.81. The summed E-state index contributed by atoms with van der Waals surface area (Å²) >= 11 is 3.15. The third-order valence-electron chi connectivity index (χ3n) is 4.42. The predicted octanol–water partition coefficient (Wildman–Crippen LogP) is 2.89. The lowest BCUT2D eigenvalue weighted by atomic mass is 9.98. The minimum atomic E-state index is -0.476. The average molecular weight is 393 g/mol. The van der Waals surface area contributed by atoms with Crippen molar-refractivity contribution in [2.75, 3.05) is 6.54 Å². The van der Waals surface area contributed by atoms with E-state index in [0.29, 0.717) is 13.0 Å². The lowest BCUT2D eigenvalue weighted by Crippen LogP contribution is -2.44. The highest BCUT2D eigenvalue weighted by molar-refractivity contribution is 7.16. The second-order valence-corrected chi connectivity index (χ2v) is 9.58. The molecule has 2 aromatic heterocycles. The quantitative estimate of drug-likeness (QED) is 0.866. The van der Waals surface area contributed by atoms with Crippen molar-refractivity contribution in [2.45, 2.75) is 58.4 Å². The number of aryl methyl sites for hydroxylation is 1. The van der Waals surface area contributed by atoms with Crippen molar-refractivity contribution >= 4 is 34.5 Å². The Morgan fingerprint density at radius 2 is 2.08 bits per heavy atom. The van der Waals surface area contributed by atoms with Crippen LogP contribution in [0.2, 0.25) is 0 Å². The number of hydrogen-bond acceptors (Lipinski definition) is 6. The van der Waals surface area contributed by atoms with Gasteiger partial charge < -0.3 is 10.6 Å². The topological polar surface area (TPSA) is 89.2 Å². The number of likely N-dealkylation sites (tertiary alicyclic amines) is 1. The van der Waals surface area contributed by atoms with Gasteiger partial charge in [0.25, 0.3) is 0 Å². The van der Waals surface area contributed by atoms with E-state index in [-0.39, 0.29) is 17.7 Å². The molecule has 3 heterocycles. The Balaban J connectivity index is 1.77. The lowest BCUT2D eigenvalue weighted by Gasteiger charge is -2.21. The predicted molar refractivity (Wildman–Crippen MR) is 104 cm³/mol. The molecule has 2 N–H and O–H groups in total. The zero-order valence-electron chi connectivity index (χ0n) is 15.5. The van der Waals surface area contributed by atoms with Crippen LogP contribution >= 0.6 is 22.7 Å². The van der Waals surface area contributed by atoms with Gasteiger partial charge in [0, 0.05) is 17.3 Å². The number of carbonyl (C=O) groups is 2. The summed E-state index contributed by atoms with van der Waals surface area (Å²) in [5.41, 5.74) is 7.23. The molecule has 0 radical (unpaired) electrons. The summed E-state index contributed by atoms with van der Waals surface area (Å²) in [6.45, 7) is 8.96. The number of aromatic nitrogens is 2. The van der Waals surface area contributed by atoms with E-state index in [9.17, 15) is 9.59 Å². The first kappa shape index (κ1) is 19.0. The fourth-order valence-electron chi connectivity index (χ4n) is 3.08. The molecule has 1 fully saturated rings. The van der Waals surface area contributed by atoms with Crippen molar-refractivity contribution < 1.29 is 9.59 Å². The molecular formula is C18H24N4O2S2. The van der Waals surface area contributed by atoms with Crippen LogP contribution in [-0.4, -0.2) is 39.3 Å². The summed E-state index contributed by atoms with van der Waals surface area (Å²) in [7, 11) is 0. The molecule has 2 amide bonds. The molecule has 8 heteroatoms. The highest BCUT2D eigenvalue weighted by Crippen LogP contribution is 2.34. The fourth-order valence-corrected chi connectivity index (χ4v) is 5.07. The first-order valence-corrected chi connectivity index (χ1v) is 10.4. The summed E-state index contributed by atoms with van der Waals surface area (Å²) in [6, 6.07) is -0.476. The van der Waals surface area contributed by atoms with Crippen molar-refractivity contribution in [3.8, 4) is 10.6 Å². The largest absolute Gasteiger partial charge is 0.368 e. The fraction of sp³-hybridized carbons (Fsp3) is 0.556. The van der Waals surface area contributed by atoms with E-state index in [1.54, 1.807) is 16.2 Å². The standard InChI is InChI=1S/C18H24N4O2S2/c1-10-15(11-9-25-17(21-11)18(2,3)4)26-13(20-10)8-14(23)22-7-5-6-12(22)16(19)24/h9,12H,5-8H2,1-4H3,(H2,19,24)/t12-/m0/s1. The molecule has 1 aliphatic rings. The molecule has 140 valence electrons. The van der Waals surface area contributed by atoms with E-state index >= 15 is 0 Å².